The zero-order chi connectivity index (χ0) is 24.4. The molecule has 2 rings (SSSR count). The van der Waals surface area contributed by atoms with E-state index in [1.807, 2.05) is 24.5 Å². The molecule has 0 saturated carbocycles. The summed E-state index contributed by atoms with van der Waals surface area (Å²) in [5, 5.41) is 5.98. The van der Waals surface area contributed by atoms with E-state index in [1.54, 1.807) is 29.8 Å². The Morgan fingerprint density at radius 3 is 2.39 bits per heavy atom. The molecular formula is C25H33N3O3S2. The van der Waals surface area contributed by atoms with E-state index >= 15 is 0 Å². The van der Waals surface area contributed by atoms with Gasteiger partial charge in [-0.15, -0.1) is 22.7 Å². The van der Waals surface area contributed by atoms with Crippen molar-refractivity contribution in [1.82, 2.24) is 9.97 Å². The molecule has 2 heterocycles. The second-order valence-electron chi connectivity index (χ2n) is 7.95. The SMILES string of the molecule is CO/C(=C/C(N)=O)[C@H](C)[C@H](/C=C/c1csc(-c2csc([C@@H](C)/C=C/C=C\C(C)C)n2)n1)OC. The van der Waals surface area contributed by atoms with Crippen molar-refractivity contribution in [2.24, 2.45) is 17.6 Å². The molecule has 1 amide bonds. The lowest BCUT2D eigenvalue weighted by atomic mass is 10.0. The molecule has 178 valence electrons. The Kier molecular flexibility index (Phi) is 10.7. The van der Waals surface area contributed by atoms with E-state index in [2.05, 4.69) is 50.5 Å². The molecule has 0 bridgehead atoms. The van der Waals surface area contributed by atoms with Gasteiger partial charge in [-0.05, 0) is 12.0 Å². The van der Waals surface area contributed by atoms with Crippen LogP contribution in [0.2, 0.25) is 0 Å². The van der Waals surface area contributed by atoms with Crippen LogP contribution in [0, 0.1) is 11.8 Å². The highest BCUT2D eigenvalue weighted by molar-refractivity contribution is 7.14. The van der Waals surface area contributed by atoms with Crippen LogP contribution in [0.4, 0.5) is 0 Å². The van der Waals surface area contributed by atoms with Gasteiger partial charge < -0.3 is 15.2 Å². The van der Waals surface area contributed by atoms with Gasteiger partial charge in [-0.2, -0.15) is 0 Å². The molecule has 0 radical (unpaired) electrons. The maximum atomic E-state index is 11.2. The molecule has 0 aliphatic carbocycles. The number of rotatable bonds is 12. The van der Waals surface area contributed by atoms with Gasteiger partial charge in [0.2, 0.25) is 5.91 Å². The number of methoxy groups -OCH3 is 2. The number of carbonyl (C=O) groups excluding carboxylic acids is 1. The molecule has 33 heavy (non-hydrogen) atoms. The minimum atomic E-state index is -0.555. The van der Waals surface area contributed by atoms with Gasteiger partial charge in [-0.1, -0.05) is 58.1 Å². The van der Waals surface area contributed by atoms with Crippen LogP contribution >= 0.6 is 22.7 Å². The molecule has 2 aromatic rings. The summed E-state index contributed by atoms with van der Waals surface area (Å²) in [5.74, 6) is 0.512. The first-order valence-corrected chi connectivity index (χ1v) is 12.5. The molecule has 2 aromatic heterocycles. The summed E-state index contributed by atoms with van der Waals surface area (Å²) in [6, 6.07) is 0. The lowest BCUT2D eigenvalue weighted by Crippen LogP contribution is -2.22. The Bertz CT molecular complexity index is 1020. The number of ether oxygens (including phenoxy) is 2. The summed E-state index contributed by atoms with van der Waals surface area (Å²) in [7, 11) is 3.12. The van der Waals surface area contributed by atoms with Crippen molar-refractivity contribution < 1.29 is 14.3 Å². The number of thiazole rings is 2. The van der Waals surface area contributed by atoms with Crippen LogP contribution in [0.3, 0.4) is 0 Å². The molecule has 0 aliphatic rings. The molecule has 0 fully saturated rings. The minimum Gasteiger partial charge on any atom is -0.501 e. The summed E-state index contributed by atoms with van der Waals surface area (Å²) in [6.45, 7) is 8.37. The zero-order valence-corrected chi connectivity index (χ0v) is 21.7. The second kappa shape index (κ2) is 13.2. The topological polar surface area (TPSA) is 87.3 Å². The van der Waals surface area contributed by atoms with E-state index in [4.69, 9.17) is 25.2 Å². The fraction of sp³-hybridized carbons (Fsp3) is 0.400. The van der Waals surface area contributed by atoms with E-state index in [1.165, 1.54) is 13.2 Å². The van der Waals surface area contributed by atoms with Gasteiger partial charge in [0.15, 0.2) is 0 Å². The standard InChI is InChI=1S/C25H33N3O3S2/c1-16(2)9-7-8-10-17(3)24-28-20(15-33-24)25-27-19(14-32-25)11-12-21(30-5)18(4)22(31-6)13-23(26)29/h7-18,21H,1-6H3,(H2,26,29)/b9-7-,10-8+,12-11+,22-13+/t17-,18+,21-/m0/s1. The fourth-order valence-corrected chi connectivity index (χ4v) is 4.66. The molecule has 0 aromatic carbocycles. The number of aromatic nitrogens is 2. The lowest BCUT2D eigenvalue weighted by molar-refractivity contribution is -0.113. The third-order valence-electron chi connectivity index (χ3n) is 4.85. The van der Waals surface area contributed by atoms with Gasteiger partial charge >= 0.3 is 0 Å². The average molecular weight is 488 g/mol. The molecule has 8 heteroatoms. The number of nitrogens with two attached hydrogens (primary N) is 1. The Morgan fingerprint density at radius 1 is 1.03 bits per heavy atom. The monoisotopic (exact) mass is 487 g/mol. The maximum absolute atomic E-state index is 11.2. The van der Waals surface area contributed by atoms with Gasteiger partial charge in [-0.3, -0.25) is 4.79 Å². The van der Waals surface area contributed by atoms with Crippen LogP contribution in [0.15, 0.2) is 53.0 Å². The summed E-state index contributed by atoms with van der Waals surface area (Å²) >= 11 is 3.20. The smallest absolute Gasteiger partial charge is 0.244 e. The number of hydrogen-bond donors (Lipinski definition) is 1. The quantitative estimate of drug-likeness (QED) is 0.232. The lowest BCUT2D eigenvalue weighted by Gasteiger charge is -2.21. The molecular weight excluding hydrogens is 454 g/mol. The normalized spacial score (nSPS) is 15.7. The summed E-state index contributed by atoms with van der Waals surface area (Å²) < 4.78 is 10.9. The predicted octanol–water partition coefficient (Wildman–Crippen LogP) is 5.82. The molecule has 6 nitrogen and oxygen atoms in total. The Hall–Kier alpha value is -2.55. The van der Waals surface area contributed by atoms with Crippen LogP contribution in [-0.4, -0.2) is 36.2 Å². The molecule has 3 atom stereocenters. The Morgan fingerprint density at radius 2 is 1.76 bits per heavy atom. The average Bonchev–Trinajstić information content (AvgIpc) is 3.44. The van der Waals surface area contributed by atoms with E-state index in [0.717, 1.165) is 21.4 Å². The second-order valence-corrected chi connectivity index (χ2v) is 9.70. The number of carbonyl (C=O) groups is 1. The molecule has 0 saturated heterocycles. The number of nitrogens with zero attached hydrogens (tertiary/aromatic N) is 2. The van der Waals surface area contributed by atoms with Crippen LogP contribution < -0.4 is 5.73 Å². The highest BCUT2D eigenvalue weighted by atomic mass is 32.1. The van der Waals surface area contributed by atoms with Crippen LogP contribution in [-0.2, 0) is 14.3 Å². The zero-order valence-electron chi connectivity index (χ0n) is 20.0. The van der Waals surface area contributed by atoms with Crippen molar-refractivity contribution in [3.05, 3.63) is 63.7 Å². The fourth-order valence-electron chi connectivity index (χ4n) is 3.00. The van der Waals surface area contributed by atoms with Gasteiger partial charge in [0.1, 0.15) is 16.5 Å². The number of hydrogen-bond acceptors (Lipinski definition) is 7. The third-order valence-corrected chi connectivity index (χ3v) is 6.78. The number of amides is 1. The van der Waals surface area contributed by atoms with Crippen LogP contribution in [0.5, 0.6) is 0 Å². The van der Waals surface area contributed by atoms with E-state index in [0.29, 0.717) is 11.7 Å². The van der Waals surface area contributed by atoms with Crippen LogP contribution in [0.1, 0.15) is 44.3 Å². The molecule has 0 spiro atoms. The largest absolute Gasteiger partial charge is 0.501 e. The van der Waals surface area contributed by atoms with Crippen molar-refractivity contribution in [3.63, 3.8) is 0 Å². The van der Waals surface area contributed by atoms with Crippen molar-refractivity contribution in [2.45, 2.75) is 39.7 Å². The third kappa shape index (κ3) is 8.38. The van der Waals surface area contributed by atoms with Gasteiger partial charge in [0.25, 0.3) is 0 Å². The molecule has 0 unspecified atom stereocenters. The van der Waals surface area contributed by atoms with Gasteiger partial charge in [-0.25, -0.2) is 9.97 Å². The van der Waals surface area contributed by atoms with Crippen LogP contribution in [0.25, 0.3) is 16.8 Å². The first-order valence-electron chi connectivity index (χ1n) is 10.8. The first-order chi connectivity index (χ1) is 15.7. The minimum absolute atomic E-state index is 0.187. The van der Waals surface area contributed by atoms with Gasteiger partial charge in [0.05, 0.1) is 23.9 Å². The highest BCUT2D eigenvalue weighted by Gasteiger charge is 2.20. The van der Waals surface area contributed by atoms with E-state index in [9.17, 15) is 4.79 Å². The molecule has 2 N–H and O–H groups in total. The van der Waals surface area contributed by atoms with Crippen molar-refractivity contribution in [2.75, 3.05) is 14.2 Å². The summed E-state index contributed by atoms with van der Waals surface area (Å²) in [5.41, 5.74) is 6.97. The predicted molar refractivity (Wildman–Crippen MR) is 138 cm³/mol. The van der Waals surface area contributed by atoms with E-state index in [-0.39, 0.29) is 17.9 Å². The van der Waals surface area contributed by atoms with Crippen molar-refractivity contribution in [3.8, 4) is 10.7 Å². The number of primary amides is 1. The number of allylic oxidation sites excluding steroid dienone is 4. The maximum Gasteiger partial charge on any atom is 0.244 e. The Balaban J connectivity index is 2.09. The summed E-state index contributed by atoms with van der Waals surface area (Å²) in [6.07, 6.45) is 13.3. The Labute approximate surface area is 204 Å². The van der Waals surface area contributed by atoms with Crippen molar-refractivity contribution in [1.29, 1.82) is 0 Å². The van der Waals surface area contributed by atoms with Crippen molar-refractivity contribution >= 4 is 34.7 Å². The first kappa shape index (κ1) is 26.7. The highest BCUT2D eigenvalue weighted by Crippen LogP contribution is 2.29. The van der Waals surface area contributed by atoms with Gasteiger partial charge in [0, 0.05) is 35.8 Å². The summed E-state index contributed by atoms with van der Waals surface area (Å²) in [4.78, 5) is 20.7. The van der Waals surface area contributed by atoms with E-state index < -0.39 is 5.91 Å². The molecule has 0 aliphatic heterocycles.